The minimum absolute atomic E-state index is 0. The Labute approximate surface area is 297 Å². The molecule has 0 amide bonds. The third kappa shape index (κ3) is 17.0. The Morgan fingerprint density at radius 2 is 1.35 bits per heavy atom. The number of hydrogen-bond donors (Lipinski definition) is 0. The molecule has 0 atom stereocenters. The minimum atomic E-state index is 0. The summed E-state index contributed by atoms with van der Waals surface area (Å²) in [5.74, 6) is 4.83. The maximum absolute atomic E-state index is 5.11. The second kappa shape index (κ2) is 24.6. The van der Waals surface area contributed by atoms with Crippen LogP contribution in [0.4, 0.5) is 0 Å². The highest BCUT2D eigenvalue weighted by Gasteiger charge is 2.10. The SMILES string of the molecule is C.C.C.CC(C)c1ccnn1C.CC(C)c1ccon1.CC(C)c1nccn1C.Cc1cc(C(C)C)sn1.Cc1noc(C(C)C)c1C. The second-order valence-electron chi connectivity index (χ2n) is 12.6. The quantitative estimate of drug-likeness (QED) is 0.181. The number of aromatic nitrogens is 7. The fourth-order valence-electron chi connectivity index (χ4n) is 4.03. The van der Waals surface area contributed by atoms with Crippen LogP contribution in [0.2, 0.25) is 0 Å². The average molecular weight is 688 g/mol. The van der Waals surface area contributed by atoms with Gasteiger partial charge in [-0.05, 0) is 62.2 Å². The van der Waals surface area contributed by atoms with E-state index in [2.05, 4.69) is 105 Å². The Balaban J connectivity index is -0.000000520. The van der Waals surface area contributed by atoms with Gasteiger partial charge in [0.25, 0.3) is 0 Å². The molecule has 0 saturated heterocycles. The van der Waals surface area contributed by atoms with Gasteiger partial charge in [0.2, 0.25) is 0 Å². The first-order valence-electron chi connectivity index (χ1n) is 15.8. The van der Waals surface area contributed by atoms with Crippen LogP contribution in [0.3, 0.4) is 0 Å². The van der Waals surface area contributed by atoms with Crippen molar-refractivity contribution in [2.24, 2.45) is 14.1 Å². The molecule has 0 spiro atoms. The van der Waals surface area contributed by atoms with Crippen LogP contribution in [0.25, 0.3) is 0 Å². The summed E-state index contributed by atoms with van der Waals surface area (Å²) in [5.41, 5.74) is 5.64. The van der Waals surface area contributed by atoms with Gasteiger partial charge in [0.1, 0.15) is 17.8 Å². The molecule has 5 aromatic heterocycles. The van der Waals surface area contributed by atoms with E-state index in [1.165, 1.54) is 16.1 Å². The number of rotatable bonds is 5. The number of hydrogen-bond acceptors (Lipinski definition) is 8. The molecule has 0 aliphatic heterocycles. The van der Waals surface area contributed by atoms with Crippen molar-refractivity contribution in [3.63, 3.8) is 0 Å². The zero-order chi connectivity index (χ0) is 34.3. The van der Waals surface area contributed by atoms with E-state index in [1.54, 1.807) is 17.8 Å². The van der Waals surface area contributed by atoms with Crippen molar-refractivity contribution in [2.45, 2.75) is 142 Å². The van der Waals surface area contributed by atoms with Crippen molar-refractivity contribution in [1.29, 1.82) is 0 Å². The third-order valence-corrected chi connectivity index (χ3v) is 7.99. The van der Waals surface area contributed by atoms with E-state index < -0.39 is 0 Å². The lowest BCUT2D eigenvalue weighted by molar-refractivity contribution is 0.367. The molecular formula is C38H69N7O2S. The van der Waals surface area contributed by atoms with E-state index in [1.807, 2.05) is 74.8 Å². The van der Waals surface area contributed by atoms with Gasteiger partial charge in [-0.2, -0.15) is 9.47 Å². The number of imidazole rings is 1. The van der Waals surface area contributed by atoms with Gasteiger partial charge in [-0.15, -0.1) is 0 Å². The minimum Gasteiger partial charge on any atom is -0.365 e. The van der Waals surface area contributed by atoms with Gasteiger partial charge in [0.05, 0.1) is 17.1 Å². The lowest BCUT2D eigenvalue weighted by atomic mass is 10.1. The van der Waals surface area contributed by atoms with Crippen LogP contribution >= 0.6 is 11.5 Å². The normalized spacial score (nSPS) is 10.0. The van der Waals surface area contributed by atoms with E-state index in [-0.39, 0.29) is 22.3 Å². The molecule has 5 rings (SSSR count). The van der Waals surface area contributed by atoms with Crippen molar-refractivity contribution in [3.8, 4) is 0 Å². The van der Waals surface area contributed by atoms with Crippen molar-refractivity contribution < 1.29 is 9.05 Å². The molecule has 0 bridgehead atoms. The summed E-state index contributed by atoms with van der Waals surface area (Å²) in [6, 6.07) is 6.07. The monoisotopic (exact) mass is 688 g/mol. The molecule has 0 fully saturated rings. The lowest BCUT2D eigenvalue weighted by Gasteiger charge is -2.02. The Kier molecular flexibility index (Phi) is 25.0. The van der Waals surface area contributed by atoms with Crippen LogP contribution in [0.1, 0.15) is 166 Å². The molecule has 0 saturated carbocycles. The summed E-state index contributed by atoms with van der Waals surface area (Å²) in [7, 11) is 3.98. The molecule has 274 valence electrons. The van der Waals surface area contributed by atoms with E-state index >= 15 is 0 Å². The molecule has 10 heteroatoms. The van der Waals surface area contributed by atoms with Gasteiger partial charge in [-0.1, -0.05) is 102 Å². The Bertz CT molecular complexity index is 1410. The van der Waals surface area contributed by atoms with Crippen molar-refractivity contribution in [2.75, 3.05) is 0 Å². The van der Waals surface area contributed by atoms with Crippen LogP contribution in [0.15, 0.2) is 52.1 Å². The molecule has 0 aromatic carbocycles. The van der Waals surface area contributed by atoms with Crippen LogP contribution < -0.4 is 0 Å². The molecule has 0 aliphatic rings. The predicted molar refractivity (Wildman–Crippen MR) is 206 cm³/mol. The van der Waals surface area contributed by atoms with E-state index in [0.29, 0.717) is 29.6 Å². The maximum atomic E-state index is 5.11. The highest BCUT2D eigenvalue weighted by atomic mass is 32.1. The lowest BCUT2D eigenvalue weighted by Crippen LogP contribution is -1.98. The first kappa shape index (κ1) is 48.9. The zero-order valence-electron chi connectivity index (χ0n) is 30.3. The highest BCUT2D eigenvalue weighted by Crippen LogP contribution is 2.20. The van der Waals surface area contributed by atoms with Crippen LogP contribution in [0.5, 0.6) is 0 Å². The fraction of sp³-hybridized carbons (Fsp3) is 0.605. The Morgan fingerprint density at radius 1 is 0.729 bits per heavy atom. The van der Waals surface area contributed by atoms with Gasteiger partial charge < -0.3 is 13.6 Å². The zero-order valence-corrected chi connectivity index (χ0v) is 31.1. The maximum Gasteiger partial charge on any atom is 0.142 e. The van der Waals surface area contributed by atoms with Crippen molar-refractivity contribution >= 4 is 11.5 Å². The first-order valence-corrected chi connectivity index (χ1v) is 16.5. The van der Waals surface area contributed by atoms with Crippen LogP contribution in [-0.4, -0.2) is 34.0 Å². The smallest absolute Gasteiger partial charge is 0.142 e. The van der Waals surface area contributed by atoms with Crippen molar-refractivity contribution in [1.82, 2.24) is 34.0 Å². The molecule has 0 N–H and O–H groups in total. The summed E-state index contributed by atoms with van der Waals surface area (Å²) in [6.45, 7) is 27.4. The first-order chi connectivity index (χ1) is 21.1. The summed E-state index contributed by atoms with van der Waals surface area (Å²) in [4.78, 5) is 5.56. The largest absolute Gasteiger partial charge is 0.365 e. The Morgan fingerprint density at radius 3 is 1.56 bits per heavy atom. The molecule has 9 nitrogen and oxygen atoms in total. The van der Waals surface area contributed by atoms with Gasteiger partial charge >= 0.3 is 0 Å². The van der Waals surface area contributed by atoms with E-state index in [9.17, 15) is 0 Å². The average Bonchev–Trinajstić information content (AvgIpc) is 3.79. The third-order valence-electron chi connectivity index (χ3n) is 6.81. The standard InChI is InChI=1S/C8H13NO.2C7H12N2.C7H11NS.C6H9NO.3CH4/c1-5(2)8-6(3)7(4)9-10-8;1-6(2)7-8-4-5-9(7)3;1-6(2)7-4-5-8-9(7)3;1-5(2)7-4-6(3)8-9-7;1-5(2)6-3-4-8-7-6;;;/h5H,1-4H3;2*4-6H,1-3H3;4-5H,1-3H3;3-5H,1-2H3;3*1H4. The van der Waals surface area contributed by atoms with E-state index in [0.717, 1.165) is 28.7 Å². The summed E-state index contributed by atoms with van der Waals surface area (Å²) >= 11 is 1.61. The van der Waals surface area contributed by atoms with Gasteiger partial charge in [-0.25, -0.2) is 4.98 Å². The Hall–Kier alpha value is -3.53. The van der Waals surface area contributed by atoms with E-state index in [4.69, 9.17) is 4.52 Å². The van der Waals surface area contributed by atoms with Crippen LogP contribution in [0, 0.1) is 20.8 Å². The highest BCUT2D eigenvalue weighted by molar-refractivity contribution is 7.05. The van der Waals surface area contributed by atoms with Crippen molar-refractivity contribution in [3.05, 3.63) is 87.9 Å². The molecule has 0 aliphatic carbocycles. The topological polar surface area (TPSA) is 101 Å². The van der Waals surface area contributed by atoms with Gasteiger partial charge in [0, 0.05) is 66.7 Å². The van der Waals surface area contributed by atoms with Crippen LogP contribution in [-0.2, 0) is 14.1 Å². The fourth-order valence-corrected chi connectivity index (χ4v) is 4.77. The molecule has 0 radical (unpaired) electrons. The van der Waals surface area contributed by atoms with Gasteiger partial charge in [-0.3, -0.25) is 4.68 Å². The summed E-state index contributed by atoms with van der Waals surface area (Å²) in [6.07, 6.45) is 7.22. The predicted octanol–water partition coefficient (Wildman–Crippen LogP) is 11.8. The molecule has 5 aromatic rings. The molecular weight excluding hydrogens is 619 g/mol. The van der Waals surface area contributed by atoms with Gasteiger partial charge in [0.15, 0.2) is 0 Å². The molecule has 0 unspecified atom stereocenters. The number of nitrogens with zero attached hydrogens (tertiary/aromatic N) is 7. The second-order valence-corrected chi connectivity index (χ2v) is 13.4. The summed E-state index contributed by atoms with van der Waals surface area (Å²) < 4.78 is 17.9. The molecule has 48 heavy (non-hydrogen) atoms. The molecule has 5 heterocycles. The number of aryl methyl sites for hydroxylation is 4. The summed E-state index contributed by atoms with van der Waals surface area (Å²) in [5, 5.41) is 11.7.